The number of halogens is 2. The number of fused-ring (bicyclic) bond motifs is 1. The zero-order valence-electron chi connectivity index (χ0n) is 19.1. The van der Waals surface area contributed by atoms with E-state index in [1.54, 1.807) is 18.2 Å². The maximum Gasteiger partial charge on any atom is 0.269 e. The molecule has 0 aliphatic heterocycles. The van der Waals surface area contributed by atoms with Gasteiger partial charge in [-0.05, 0) is 44.4 Å². The number of anilines is 1. The molecule has 1 fully saturated rings. The lowest BCUT2D eigenvalue weighted by Crippen LogP contribution is -2.45. The molecule has 0 radical (unpaired) electrons. The van der Waals surface area contributed by atoms with Crippen LogP contribution in [0, 0.1) is 12.7 Å². The van der Waals surface area contributed by atoms with Crippen molar-refractivity contribution in [1.82, 2.24) is 18.9 Å². The fourth-order valence-electron chi connectivity index (χ4n) is 4.33. The number of hydrogen-bond acceptors (Lipinski definition) is 8. The first kappa shape index (κ1) is 24.6. The highest BCUT2D eigenvalue weighted by atomic mass is 35.5. The van der Waals surface area contributed by atoms with Crippen molar-refractivity contribution >= 4 is 38.5 Å². The molecule has 9 nitrogen and oxygen atoms in total. The maximum atomic E-state index is 14.6. The van der Waals surface area contributed by atoms with Gasteiger partial charge in [-0.3, -0.25) is 0 Å². The molecule has 3 aromatic heterocycles. The van der Waals surface area contributed by atoms with E-state index in [9.17, 15) is 23.0 Å². The molecule has 4 aromatic rings. The van der Waals surface area contributed by atoms with E-state index in [0.717, 1.165) is 15.7 Å². The van der Waals surface area contributed by atoms with Gasteiger partial charge in [0.25, 0.3) is 10.0 Å². The predicted molar refractivity (Wildman–Crippen MR) is 133 cm³/mol. The monoisotopic (exact) mass is 531 g/mol. The van der Waals surface area contributed by atoms with Crippen molar-refractivity contribution in [2.45, 2.75) is 49.3 Å². The highest BCUT2D eigenvalue weighted by Crippen LogP contribution is 2.33. The number of aliphatic hydroxyl groups is 2. The SMILES string of the molecule is Cc1ccc(S(=O)(=O)n2cc(-c3ncc(F)c(N[C@H]4CCC[C@H](O)[C@H]4O)n3)c3cc(Cl)cnc32)cc1. The lowest BCUT2D eigenvalue weighted by Gasteiger charge is -2.32. The van der Waals surface area contributed by atoms with E-state index in [4.69, 9.17) is 11.6 Å². The van der Waals surface area contributed by atoms with Gasteiger partial charge in [-0.15, -0.1) is 0 Å². The van der Waals surface area contributed by atoms with E-state index in [1.165, 1.54) is 24.5 Å². The van der Waals surface area contributed by atoms with Crippen LogP contribution in [0.2, 0.25) is 5.02 Å². The van der Waals surface area contributed by atoms with Gasteiger partial charge in [0.05, 0.1) is 34.4 Å². The third-order valence-electron chi connectivity index (χ3n) is 6.28. The Bertz CT molecular complexity index is 1540. The molecule has 12 heteroatoms. The van der Waals surface area contributed by atoms with Crippen LogP contribution in [-0.2, 0) is 10.0 Å². The van der Waals surface area contributed by atoms with Crippen molar-refractivity contribution in [2.24, 2.45) is 0 Å². The smallest absolute Gasteiger partial charge is 0.269 e. The Morgan fingerprint density at radius 2 is 1.89 bits per heavy atom. The Morgan fingerprint density at radius 1 is 1.14 bits per heavy atom. The summed E-state index contributed by atoms with van der Waals surface area (Å²) in [5, 5.41) is 23.8. The van der Waals surface area contributed by atoms with Crippen LogP contribution < -0.4 is 5.32 Å². The Hall–Kier alpha value is -3.12. The van der Waals surface area contributed by atoms with Crippen LogP contribution in [0.1, 0.15) is 24.8 Å². The summed E-state index contributed by atoms with van der Waals surface area (Å²) in [5.74, 6) is -0.884. The zero-order valence-corrected chi connectivity index (χ0v) is 20.7. The third kappa shape index (κ3) is 4.43. The fourth-order valence-corrected chi connectivity index (χ4v) is 5.81. The van der Waals surface area contributed by atoms with Crippen molar-refractivity contribution in [2.75, 3.05) is 5.32 Å². The summed E-state index contributed by atoms with van der Waals surface area (Å²) in [7, 11) is -4.03. The second kappa shape index (κ2) is 9.40. The van der Waals surface area contributed by atoms with E-state index >= 15 is 0 Å². The summed E-state index contributed by atoms with van der Waals surface area (Å²) in [5.41, 5.74) is 1.30. The topological polar surface area (TPSA) is 130 Å². The van der Waals surface area contributed by atoms with E-state index in [1.807, 2.05) is 6.92 Å². The molecular formula is C24H23ClFN5O4S. The average Bonchev–Trinajstić information content (AvgIpc) is 3.23. The van der Waals surface area contributed by atoms with E-state index in [-0.39, 0.29) is 32.8 Å². The molecule has 36 heavy (non-hydrogen) atoms. The Labute approximate surface area is 211 Å². The molecule has 3 atom stereocenters. The van der Waals surface area contributed by atoms with Gasteiger partial charge in [-0.2, -0.15) is 0 Å². The molecule has 1 saturated carbocycles. The quantitative estimate of drug-likeness (QED) is 0.356. The van der Waals surface area contributed by atoms with E-state index in [2.05, 4.69) is 20.3 Å². The van der Waals surface area contributed by atoms with Crippen LogP contribution in [0.15, 0.2) is 53.8 Å². The molecule has 0 unspecified atom stereocenters. The normalized spacial score (nSPS) is 20.5. The van der Waals surface area contributed by atoms with Crippen LogP contribution in [0.25, 0.3) is 22.4 Å². The molecule has 0 amide bonds. The molecule has 3 heterocycles. The number of pyridine rings is 1. The standard InChI is InChI=1S/C24H23ClFN5O4S/c1-13-5-7-15(8-6-13)36(34,35)31-12-17(16-9-14(25)10-28-24(16)31)22-27-11-18(26)23(30-22)29-19-3-2-4-20(32)21(19)33/h5-12,19-21,32-33H,2-4H2,1H3,(H,27,29,30)/t19-,20-,21-/m0/s1. The minimum atomic E-state index is -4.03. The summed E-state index contributed by atoms with van der Waals surface area (Å²) in [4.78, 5) is 12.7. The van der Waals surface area contributed by atoms with Gasteiger partial charge in [-0.1, -0.05) is 29.3 Å². The number of aliphatic hydroxyl groups excluding tert-OH is 2. The second-order valence-electron chi connectivity index (χ2n) is 8.81. The number of aryl methyl sites for hydroxylation is 1. The second-order valence-corrected chi connectivity index (χ2v) is 11.1. The van der Waals surface area contributed by atoms with Crippen molar-refractivity contribution in [3.8, 4) is 11.4 Å². The average molecular weight is 532 g/mol. The lowest BCUT2D eigenvalue weighted by atomic mass is 9.90. The van der Waals surface area contributed by atoms with Gasteiger partial charge >= 0.3 is 0 Å². The number of benzene rings is 1. The summed E-state index contributed by atoms with van der Waals surface area (Å²) < 4.78 is 42.6. The van der Waals surface area contributed by atoms with Gasteiger partial charge in [0, 0.05) is 23.3 Å². The summed E-state index contributed by atoms with van der Waals surface area (Å²) in [6.07, 6.45) is 3.27. The summed E-state index contributed by atoms with van der Waals surface area (Å²) >= 11 is 6.17. The number of nitrogens with one attached hydrogen (secondary N) is 1. The first-order chi connectivity index (χ1) is 17.1. The van der Waals surface area contributed by atoms with Crippen LogP contribution in [-0.4, -0.2) is 55.8 Å². The molecule has 0 saturated heterocycles. The molecule has 1 aliphatic carbocycles. The molecule has 3 N–H and O–H groups in total. The Kier molecular flexibility index (Phi) is 6.41. The molecular weight excluding hydrogens is 509 g/mol. The first-order valence-corrected chi connectivity index (χ1v) is 13.1. The number of aromatic nitrogens is 4. The zero-order chi connectivity index (χ0) is 25.6. The van der Waals surface area contributed by atoms with Crippen LogP contribution in [0.5, 0.6) is 0 Å². The van der Waals surface area contributed by atoms with Crippen LogP contribution in [0.4, 0.5) is 10.2 Å². The Morgan fingerprint density at radius 3 is 2.64 bits per heavy atom. The highest BCUT2D eigenvalue weighted by Gasteiger charge is 2.31. The largest absolute Gasteiger partial charge is 0.390 e. The number of rotatable bonds is 5. The fraction of sp³-hybridized carbons (Fsp3) is 0.292. The van der Waals surface area contributed by atoms with Crippen LogP contribution >= 0.6 is 11.6 Å². The van der Waals surface area contributed by atoms with Crippen molar-refractivity contribution < 1.29 is 23.0 Å². The summed E-state index contributed by atoms with van der Waals surface area (Å²) in [6, 6.07) is 7.34. The third-order valence-corrected chi connectivity index (χ3v) is 8.16. The van der Waals surface area contributed by atoms with Gasteiger partial charge < -0.3 is 15.5 Å². The predicted octanol–water partition coefficient (Wildman–Crippen LogP) is 3.52. The first-order valence-electron chi connectivity index (χ1n) is 11.3. The molecule has 188 valence electrons. The molecule has 1 aromatic carbocycles. The van der Waals surface area contributed by atoms with Crippen molar-refractivity contribution in [1.29, 1.82) is 0 Å². The van der Waals surface area contributed by atoms with Crippen LogP contribution in [0.3, 0.4) is 0 Å². The van der Waals surface area contributed by atoms with Gasteiger partial charge in [0.15, 0.2) is 23.1 Å². The van der Waals surface area contributed by atoms with Crippen molar-refractivity contribution in [3.05, 3.63) is 65.3 Å². The van der Waals surface area contributed by atoms with Crippen molar-refractivity contribution in [3.63, 3.8) is 0 Å². The molecule has 1 aliphatic rings. The summed E-state index contributed by atoms with van der Waals surface area (Å²) in [6.45, 7) is 1.85. The van der Waals surface area contributed by atoms with E-state index in [0.29, 0.717) is 24.6 Å². The minimum Gasteiger partial charge on any atom is -0.390 e. The van der Waals surface area contributed by atoms with Gasteiger partial charge in [0.2, 0.25) is 0 Å². The number of hydrogen-bond donors (Lipinski definition) is 3. The minimum absolute atomic E-state index is 0.0386. The highest BCUT2D eigenvalue weighted by molar-refractivity contribution is 7.90. The molecule has 0 bridgehead atoms. The molecule has 5 rings (SSSR count). The lowest BCUT2D eigenvalue weighted by molar-refractivity contribution is -0.0162. The number of nitrogens with zero attached hydrogens (tertiary/aromatic N) is 4. The maximum absolute atomic E-state index is 14.6. The van der Waals surface area contributed by atoms with Gasteiger partial charge in [-0.25, -0.2) is 31.7 Å². The Balaban J connectivity index is 1.61. The molecule has 0 spiro atoms. The van der Waals surface area contributed by atoms with Gasteiger partial charge in [0.1, 0.15) is 0 Å². The van der Waals surface area contributed by atoms with E-state index < -0.39 is 34.1 Å².